The molecule has 18 heavy (non-hydrogen) atoms. The van der Waals surface area contributed by atoms with Crippen molar-refractivity contribution in [3.8, 4) is 0 Å². The fourth-order valence-electron chi connectivity index (χ4n) is 1.52. The smallest absolute Gasteiger partial charge is 0.220 e. The molecule has 0 fully saturated rings. The molecule has 1 aromatic carbocycles. The van der Waals surface area contributed by atoms with Gasteiger partial charge in [0.05, 0.1) is 0 Å². The van der Waals surface area contributed by atoms with Gasteiger partial charge in [0.25, 0.3) is 0 Å². The molecule has 1 rings (SSSR count). The second kappa shape index (κ2) is 10.2. The molecule has 102 valence electrons. The SMILES string of the molecule is Cl.NCCCC(=O)NCCCc1ccc(Cl)cc1. The second-order valence-corrected chi connectivity index (χ2v) is 4.41. The van der Waals surface area contributed by atoms with Gasteiger partial charge < -0.3 is 11.1 Å². The maximum Gasteiger partial charge on any atom is 0.220 e. The predicted octanol–water partition coefficient (Wildman–Crippen LogP) is 2.55. The Morgan fingerprint density at radius 2 is 1.89 bits per heavy atom. The molecule has 0 spiro atoms. The van der Waals surface area contributed by atoms with Gasteiger partial charge in [0.15, 0.2) is 0 Å². The lowest BCUT2D eigenvalue weighted by molar-refractivity contribution is -0.121. The average Bonchev–Trinajstić information content (AvgIpc) is 2.34. The highest BCUT2D eigenvalue weighted by Crippen LogP contribution is 2.10. The number of halogens is 2. The van der Waals surface area contributed by atoms with E-state index in [4.69, 9.17) is 17.3 Å². The number of carbonyl (C=O) groups excluding carboxylic acids is 1. The number of nitrogens with one attached hydrogen (secondary N) is 1. The normalized spacial score (nSPS) is 9.67. The largest absolute Gasteiger partial charge is 0.356 e. The molecule has 0 aliphatic rings. The molecular weight excluding hydrogens is 271 g/mol. The van der Waals surface area contributed by atoms with Crippen LogP contribution in [0.25, 0.3) is 0 Å². The Labute approximate surface area is 119 Å². The van der Waals surface area contributed by atoms with Gasteiger partial charge in [0.2, 0.25) is 5.91 Å². The number of carbonyl (C=O) groups is 1. The van der Waals surface area contributed by atoms with Gasteiger partial charge in [-0.05, 0) is 43.5 Å². The van der Waals surface area contributed by atoms with E-state index in [0.29, 0.717) is 19.5 Å². The Hall–Kier alpha value is -0.770. The Kier molecular flexibility index (Phi) is 9.74. The van der Waals surface area contributed by atoms with Crippen molar-refractivity contribution in [2.24, 2.45) is 5.73 Å². The molecule has 0 radical (unpaired) electrons. The predicted molar refractivity (Wildman–Crippen MR) is 78.3 cm³/mol. The van der Waals surface area contributed by atoms with Crippen LogP contribution in [0.15, 0.2) is 24.3 Å². The molecule has 0 aliphatic heterocycles. The first-order valence-electron chi connectivity index (χ1n) is 5.93. The van der Waals surface area contributed by atoms with Crippen LogP contribution in [0.2, 0.25) is 5.02 Å². The van der Waals surface area contributed by atoms with Crippen molar-refractivity contribution in [1.29, 1.82) is 0 Å². The Balaban J connectivity index is 0.00000289. The van der Waals surface area contributed by atoms with Crippen LogP contribution in [0.1, 0.15) is 24.8 Å². The lowest BCUT2D eigenvalue weighted by Gasteiger charge is -2.05. The van der Waals surface area contributed by atoms with Gasteiger partial charge in [-0.25, -0.2) is 0 Å². The molecule has 0 unspecified atom stereocenters. The quantitative estimate of drug-likeness (QED) is 0.759. The van der Waals surface area contributed by atoms with Crippen molar-refractivity contribution < 1.29 is 4.79 Å². The van der Waals surface area contributed by atoms with Crippen LogP contribution in [-0.4, -0.2) is 19.0 Å². The number of amides is 1. The zero-order valence-electron chi connectivity index (χ0n) is 10.3. The molecule has 0 aromatic heterocycles. The van der Waals surface area contributed by atoms with Crippen molar-refractivity contribution in [3.63, 3.8) is 0 Å². The van der Waals surface area contributed by atoms with Crippen molar-refractivity contribution >= 4 is 29.9 Å². The summed E-state index contributed by atoms with van der Waals surface area (Å²) in [5.74, 6) is 0.0894. The van der Waals surface area contributed by atoms with Crippen molar-refractivity contribution in [2.75, 3.05) is 13.1 Å². The number of nitrogens with two attached hydrogens (primary N) is 1. The minimum absolute atomic E-state index is 0. The van der Waals surface area contributed by atoms with Crippen LogP contribution in [0.5, 0.6) is 0 Å². The van der Waals surface area contributed by atoms with Gasteiger partial charge in [-0.2, -0.15) is 0 Å². The molecule has 0 heterocycles. The molecular formula is C13H20Cl2N2O. The molecule has 0 saturated heterocycles. The van der Waals surface area contributed by atoms with E-state index in [9.17, 15) is 4.79 Å². The van der Waals surface area contributed by atoms with Crippen LogP contribution in [0, 0.1) is 0 Å². The second-order valence-electron chi connectivity index (χ2n) is 3.97. The van der Waals surface area contributed by atoms with E-state index in [1.165, 1.54) is 5.56 Å². The van der Waals surface area contributed by atoms with E-state index in [0.717, 1.165) is 24.3 Å². The fourth-order valence-corrected chi connectivity index (χ4v) is 1.65. The number of aryl methyl sites for hydroxylation is 1. The maximum atomic E-state index is 11.3. The monoisotopic (exact) mass is 290 g/mol. The topological polar surface area (TPSA) is 55.1 Å². The highest BCUT2D eigenvalue weighted by Gasteiger charge is 1.99. The van der Waals surface area contributed by atoms with E-state index < -0.39 is 0 Å². The van der Waals surface area contributed by atoms with Crippen molar-refractivity contribution in [1.82, 2.24) is 5.32 Å². The summed E-state index contributed by atoms with van der Waals surface area (Å²) in [4.78, 5) is 11.3. The molecule has 0 aliphatic carbocycles. The van der Waals surface area contributed by atoms with E-state index >= 15 is 0 Å². The molecule has 0 bridgehead atoms. The minimum Gasteiger partial charge on any atom is -0.356 e. The van der Waals surface area contributed by atoms with Gasteiger partial charge in [0, 0.05) is 18.0 Å². The molecule has 3 N–H and O–H groups in total. The number of rotatable bonds is 7. The van der Waals surface area contributed by atoms with Crippen LogP contribution >= 0.6 is 24.0 Å². The first-order chi connectivity index (χ1) is 8.22. The minimum atomic E-state index is 0. The van der Waals surface area contributed by atoms with E-state index in [-0.39, 0.29) is 18.3 Å². The molecule has 5 heteroatoms. The maximum absolute atomic E-state index is 11.3. The first kappa shape index (κ1) is 17.2. The average molecular weight is 291 g/mol. The number of hydrogen-bond acceptors (Lipinski definition) is 2. The molecule has 3 nitrogen and oxygen atoms in total. The summed E-state index contributed by atoms with van der Waals surface area (Å²) in [6, 6.07) is 7.80. The van der Waals surface area contributed by atoms with Crippen molar-refractivity contribution in [2.45, 2.75) is 25.7 Å². The summed E-state index contributed by atoms with van der Waals surface area (Å²) in [7, 11) is 0. The van der Waals surface area contributed by atoms with Crippen LogP contribution in [0.4, 0.5) is 0 Å². The Morgan fingerprint density at radius 1 is 1.22 bits per heavy atom. The van der Waals surface area contributed by atoms with E-state index in [2.05, 4.69) is 5.32 Å². The highest BCUT2D eigenvalue weighted by molar-refractivity contribution is 6.30. The summed E-state index contributed by atoms with van der Waals surface area (Å²) in [6.45, 7) is 1.28. The molecule has 0 atom stereocenters. The summed E-state index contributed by atoms with van der Waals surface area (Å²) in [5, 5.41) is 3.63. The fraction of sp³-hybridized carbons (Fsp3) is 0.462. The number of hydrogen-bond donors (Lipinski definition) is 2. The van der Waals surface area contributed by atoms with Gasteiger partial charge in [-0.15, -0.1) is 12.4 Å². The third-order valence-corrected chi connectivity index (χ3v) is 2.74. The van der Waals surface area contributed by atoms with Gasteiger partial charge in [-0.3, -0.25) is 4.79 Å². The van der Waals surface area contributed by atoms with Crippen molar-refractivity contribution in [3.05, 3.63) is 34.9 Å². The summed E-state index contributed by atoms with van der Waals surface area (Å²) < 4.78 is 0. The first-order valence-corrected chi connectivity index (χ1v) is 6.31. The van der Waals surface area contributed by atoms with Crippen LogP contribution in [0.3, 0.4) is 0 Å². The highest BCUT2D eigenvalue weighted by atomic mass is 35.5. The van der Waals surface area contributed by atoms with Gasteiger partial charge in [0.1, 0.15) is 0 Å². The lowest BCUT2D eigenvalue weighted by atomic mass is 10.1. The standard InChI is InChI=1S/C13H19ClN2O.ClH/c14-12-7-5-11(6-8-12)3-2-10-16-13(17)4-1-9-15;/h5-8H,1-4,9-10,15H2,(H,16,17);1H. The summed E-state index contributed by atoms with van der Waals surface area (Å²) >= 11 is 5.80. The number of benzene rings is 1. The molecule has 0 saturated carbocycles. The lowest BCUT2D eigenvalue weighted by Crippen LogP contribution is -2.25. The third-order valence-electron chi connectivity index (χ3n) is 2.49. The summed E-state index contributed by atoms with van der Waals surface area (Å²) in [6.07, 6.45) is 3.17. The zero-order chi connectivity index (χ0) is 12.5. The van der Waals surface area contributed by atoms with Crippen LogP contribution in [-0.2, 0) is 11.2 Å². The Bertz CT molecular complexity index is 341. The third kappa shape index (κ3) is 7.54. The van der Waals surface area contributed by atoms with Crippen LogP contribution < -0.4 is 11.1 Å². The molecule has 1 aromatic rings. The Morgan fingerprint density at radius 3 is 2.50 bits per heavy atom. The zero-order valence-corrected chi connectivity index (χ0v) is 11.9. The summed E-state index contributed by atoms with van der Waals surface area (Å²) in [5.41, 5.74) is 6.57. The van der Waals surface area contributed by atoms with E-state index in [1.54, 1.807) is 0 Å². The van der Waals surface area contributed by atoms with Gasteiger partial charge in [-0.1, -0.05) is 23.7 Å². The van der Waals surface area contributed by atoms with Gasteiger partial charge >= 0.3 is 0 Å². The molecule has 1 amide bonds. The van der Waals surface area contributed by atoms with E-state index in [1.807, 2.05) is 24.3 Å².